The molecule has 0 radical (unpaired) electrons. The molecule has 8 aromatic carbocycles. The molecular weight excluding hydrogens is 865 g/mol. The molecular formula is C67H66N2O2+2. The Kier molecular flexibility index (Phi) is 10.4. The molecule has 0 amide bonds. The lowest BCUT2D eigenvalue weighted by Crippen LogP contribution is -2.32. The molecule has 1 unspecified atom stereocenters. The zero-order valence-electron chi connectivity index (χ0n) is 43.1. The molecule has 0 spiro atoms. The normalized spacial score (nSPS) is 14.6. The summed E-state index contributed by atoms with van der Waals surface area (Å²) in [5.41, 5.74) is 14.5. The van der Waals surface area contributed by atoms with Crippen molar-refractivity contribution in [2.45, 2.75) is 106 Å². The van der Waals surface area contributed by atoms with Gasteiger partial charge in [0.1, 0.15) is 37.1 Å². The molecule has 10 aromatic rings. The highest BCUT2D eigenvalue weighted by Gasteiger charge is 2.37. The number of aryl methyl sites for hydroxylation is 4. The summed E-state index contributed by atoms with van der Waals surface area (Å²) in [5, 5.41) is 15.6. The van der Waals surface area contributed by atoms with Crippen LogP contribution in [-0.2, 0) is 39.8 Å². The van der Waals surface area contributed by atoms with Crippen LogP contribution in [0, 0.1) is 31.6 Å². The average Bonchev–Trinajstić information content (AvgIpc) is 3.90. The number of ether oxygens (including phenoxy) is 2. The van der Waals surface area contributed by atoms with Crippen molar-refractivity contribution in [1.29, 1.82) is 0 Å². The summed E-state index contributed by atoms with van der Waals surface area (Å²) in [6.07, 6.45) is 13.5. The molecule has 4 nitrogen and oxygen atoms in total. The summed E-state index contributed by atoms with van der Waals surface area (Å²) in [4.78, 5) is 0. The van der Waals surface area contributed by atoms with Gasteiger partial charge in [-0.1, -0.05) is 126 Å². The Morgan fingerprint density at radius 1 is 0.493 bits per heavy atom. The highest BCUT2D eigenvalue weighted by atomic mass is 16.5. The predicted octanol–water partition coefficient (Wildman–Crippen LogP) is 16.9. The van der Waals surface area contributed by atoms with E-state index in [0.717, 1.165) is 48.7 Å². The minimum Gasteiger partial charge on any atom is -0.455 e. The SMILES string of the molecule is Cc1c2c(c(CC(C)Cc3cc(C4CCCC4)c4cc5c6c([n+](C)ccc6c4c3)-c3c(c(CC(C)C)c4ccccc4c3C)O5)c3ccccc13)Oc1cc3c(CC(C)C)cccc3c3cc[n+](C)c-2c13. The van der Waals surface area contributed by atoms with Gasteiger partial charge in [-0.3, -0.25) is 0 Å². The smallest absolute Gasteiger partial charge is 0.228 e. The van der Waals surface area contributed by atoms with Crippen molar-refractivity contribution >= 4 is 64.6 Å². The number of nitrogens with zero attached hydrogens (tertiary/aromatic N) is 2. The summed E-state index contributed by atoms with van der Waals surface area (Å²) in [6, 6.07) is 39.5. The number of aromatic nitrogens is 2. The first kappa shape index (κ1) is 44.2. The fraction of sp³-hybridized carbons (Fsp3) is 0.313. The van der Waals surface area contributed by atoms with Gasteiger partial charge in [-0.15, -0.1) is 0 Å². The molecule has 71 heavy (non-hydrogen) atoms. The first-order chi connectivity index (χ1) is 34.4. The highest BCUT2D eigenvalue weighted by molar-refractivity contribution is 6.18. The van der Waals surface area contributed by atoms with Gasteiger partial charge in [0.25, 0.3) is 0 Å². The third-order valence-electron chi connectivity index (χ3n) is 16.9. The standard InChI is InChI=1S/C67H66N2O2/c1-37(2)29-44-19-16-24-49-50-25-27-68(8)64-61-41(7)46-21-13-15-23-48(46)57(67(61)70-58(62(50)64)35-53(44)49)32-39(5)31-42-33-52(43-17-10-11-18-43)55-36-59-63-51(54(55)34-42)26-28-69(9)65(63)60-40(6)45-20-12-14-22-47(45)56(30-38(3)4)66(60)71-59/h12-16,19-28,33-39,43H,10-11,17-18,29-32H2,1-9H3/q+2. The molecule has 1 aliphatic carbocycles. The van der Waals surface area contributed by atoms with E-state index in [9.17, 15) is 0 Å². The van der Waals surface area contributed by atoms with E-state index in [4.69, 9.17) is 9.47 Å². The van der Waals surface area contributed by atoms with Gasteiger partial charge in [-0.2, -0.15) is 0 Å². The molecule has 1 fully saturated rings. The molecule has 3 aliphatic rings. The second-order valence-corrected chi connectivity index (χ2v) is 22.8. The average molecular weight is 931 g/mol. The summed E-state index contributed by atoms with van der Waals surface area (Å²) in [5.74, 6) is 5.97. The maximum Gasteiger partial charge on any atom is 0.228 e. The van der Waals surface area contributed by atoms with Crippen molar-refractivity contribution in [2.24, 2.45) is 31.8 Å². The van der Waals surface area contributed by atoms with E-state index in [1.165, 1.54) is 152 Å². The topological polar surface area (TPSA) is 26.2 Å². The van der Waals surface area contributed by atoms with Crippen molar-refractivity contribution < 1.29 is 18.6 Å². The van der Waals surface area contributed by atoms with Crippen molar-refractivity contribution in [3.05, 3.63) is 154 Å². The lowest BCUT2D eigenvalue weighted by Gasteiger charge is -2.27. The van der Waals surface area contributed by atoms with Crippen molar-refractivity contribution in [3.63, 3.8) is 0 Å². The van der Waals surface area contributed by atoms with Crippen LogP contribution in [0.5, 0.6) is 23.0 Å². The minimum absolute atomic E-state index is 0.339. The van der Waals surface area contributed by atoms with Crippen LogP contribution in [-0.4, -0.2) is 0 Å². The summed E-state index contributed by atoms with van der Waals surface area (Å²) >= 11 is 0. The van der Waals surface area contributed by atoms with E-state index in [0.29, 0.717) is 23.7 Å². The van der Waals surface area contributed by atoms with E-state index in [2.05, 4.69) is 187 Å². The minimum atomic E-state index is 0.339. The first-order valence-electron chi connectivity index (χ1n) is 26.7. The Labute approximate surface area is 418 Å². The molecule has 13 rings (SSSR count). The Hall–Kier alpha value is -6.78. The van der Waals surface area contributed by atoms with E-state index in [1.54, 1.807) is 0 Å². The first-order valence-corrected chi connectivity index (χ1v) is 26.7. The number of hydrogen-bond acceptors (Lipinski definition) is 2. The molecule has 4 heteroatoms. The maximum absolute atomic E-state index is 7.44. The zero-order chi connectivity index (χ0) is 48.6. The number of fused-ring (bicyclic) bond motifs is 10. The van der Waals surface area contributed by atoms with Crippen molar-refractivity contribution in [2.75, 3.05) is 0 Å². The largest absolute Gasteiger partial charge is 0.455 e. The molecule has 0 N–H and O–H groups in total. The van der Waals surface area contributed by atoms with Gasteiger partial charge >= 0.3 is 0 Å². The van der Waals surface area contributed by atoms with E-state index in [-0.39, 0.29) is 0 Å². The van der Waals surface area contributed by atoms with Crippen LogP contribution in [0.4, 0.5) is 0 Å². The Bertz CT molecular complexity index is 3910. The Balaban J connectivity index is 0.964. The van der Waals surface area contributed by atoms with Crippen molar-refractivity contribution in [3.8, 4) is 45.5 Å². The number of rotatable bonds is 9. The second kappa shape index (κ2) is 16.7. The van der Waals surface area contributed by atoms with Crippen LogP contribution < -0.4 is 18.6 Å². The highest BCUT2D eigenvalue weighted by Crippen LogP contribution is 2.55. The van der Waals surface area contributed by atoms with Crippen LogP contribution in [0.2, 0.25) is 0 Å². The van der Waals surface area contributed by atoms with E-state index < -0.39 is 0 Å². The molecule has 0 bridgehead atoms. The number of pyridine rings is 2. The molecule has 4 heterocycles. The van der Waals surface area contributed by atoms with E-state index in [1.807, 2.05) is 0 Å². The predicted molar refractivity (Wildman–Crippen MR) is 296 cm³/mol. The van der Waals surface area contributed by atoms with Crippen LogP contribution in [0.15, 0.2) is 116 Å². The number of hydrogen-bond donors (Lipinski definition) is 0. The third kappa shape index (κ3) is 6.83. The lowest BCUT2D eigenvalue weighted by molar-refractivity contribution is -0.659. The van der Waals surface area contributed by atoms with Gasteiger partial charge in [0.2, 0.25) is 11.4 Å². The fourth-order valence-electron chi connectivity index (χ4n) is 13.8. The van der Waals surface area contributed by atoms with E-state index >= 15 is 0 Å². The Morgan fingerprint density at radius 3 is 1.59 bits per heavy atom. The quantitative estimate of drug-likeness (QED) is 0.106. The van der Waals surface area contributed by atoms with Gasteiger partial charge in [0, 0.05) is 34.0 Å². The van der Waals surface area contributed by atoms with Gasteiger partial charge in [-0.05, 0) is 159 Å². The van der Waals surface area contributed by atoms with Gasteiger partial charge in [0.05, 0.1) is 21.9 Å². The molecule has 2 aromatic heterocycles. The molecule has 1 atom stereocenters. The van der Waals surface area contributed by atoms with Crippen LogP contribution in [0.25, 0.3) is 87.1 Å². The van der Waals surface area contributed by atoms with Gasteiger partial charge < -0.3 is 9.47 Å². The summed E-state index contributed by atoms with van der Waals surface area (Å²) in [6.45, 7) is 16.4. The van der Waals surface area contributed by atoms with Crippen LogP contribution >= 0.6 is 0 Å². The van der Waals surface area contributed by atoms with Crippen molar-refractivity contribution in [1.82, 2.24) is 0 Å². The monoisotopic (exact) mass is 931 g/mol. The number of benzene rings is 8. The Morgan fingerprint density at radius 2 is 1.01 bits per heavy atom. The van der Waals surface area contributed by atoms with Gasteiger partial charge in [0.15, 0.2) is 12.4 Å². The lowest BCUT2D eigenvalue weighted by atomic mass is 9.82. The second-order valence-electron chi connectivity index (χ2n) is 22.8. The maximum atomic E-state index is 7.44. The van der Waals surface area contributed by atoms with Gasteiger partial charge in [-0.25, -0.2) is 9.13 Å². The van der Waals surface area contributed by atoms with Crippen LogP contribution in [0.3, 0.4) is 0 Å². The fourth-order valence-corrected chi connectivity index (χ4v) is 13.8. The molecule has 1 saturated carbocycles. The summed E-state index contributed by atoms with van der Waals surface area (Å²) < 4.78 is 19.5. The van der Waals surface area contributed by atoms with Crippen LogP contribution in [0.1, 0.15) is 105 Å². The molecule has 2 aliphatic heterocycles. The molecule has 0 saturated heterocycles. The molecule has 354 valence electrons. The third-order valence-corrected chi connectivity index (χ3v) is 16.9. The zero-order valence-corrected chi connectivity index (χ0v) is 43.1. The summed E-state index contributed by atoms with van der Waals surface area (Å²) in [7, 11) is 4.43.